The van der Waals surface area contributed by atoms with E-state index in [9.17, 15) is 4.79 Å². The minimum atomic E-state index is -0.0234. The van der Waals surface area contributed by atoms with Gasteiger partial charge in [0.2, 0.25) is 5.91 Å². The van der Waals surface area contributed by atoms with Gasteiger partial charge in [0.1, 0.15) is 0 Å². The quantitative estimate of drug-likeness (QED) is 0.823. The van der Waals surface area contributed by atoms with Gasteiger partial charge in [-0.05, 0) is 29.8 Å². The fourth-order valence-corrected chi connectivity index (χ4v) is 2.84. The van der Waals surface area contributed by atoms with E-state index in [1.807, 2.05) is 36.4 Å². The number of nitrogens with one attached hydrogen (secondary N) is 1. The Labute approximate surface area is 133 Å². The van der Waals surface area contributed by atoms with Gasteiger partial charge in [0, 0.05) is 23.9 Å². The largest absolute Gasteiger partial charge is 0.379 e. The summed E-state index contributed by atoms with van der Waals surface area (Å²) < 4.78 is 0. The lowest BCUT2D eigenvalue weighted by atomic mass is 10.1. The summed E-state index contributed by atoms with van der Waals surface area (Å²) in [6, 6.07) is 13.3. The summed E-state index contributed by atoms with van der Waals surface area (Å²) in [5, 5.41) is 3.97. The molecule has 3 nitrogen and oxygen atoms in total. The Bertz CT molecular complexity index is 688. The van der Waals surface area contributed by atoms with Crippen LogP contribution in [0.4, 0.5) is 17.1 Å². The second kappa shape index (κ2) is 5.96. The van der Waals surface area contributed by atoms with E-state index >= 15 is 0 Å². The number of hydrogen-bond donors (Lipinski definition) is 1. The van der Waals surface area contributed by atoms with Crippen LogP contribution in [0.2, 0.25) is 5.02 Å². The van der Waals surface area contributed by atoms with E-state index in [1.165, 1.54) is 0 Å². The number of alkyl halides is 1. The monoisotopic (exact) mass is 320 g/mol. The van der Waals surface area contributed by atoms with Crippen molar-refractivity contribution in [3.05, 3.63) is 53.1 Å². The van der Waals surface area contributed by atoms with Crippen molar-refractivity contribution in [2.75, 3.05) is 16.1 Å². The van der Waals surface area contributed by atoms with Gasteiger partial charge in [-0.15, -0.1) is 11.6 Å². The van der Waals surface area contributed by atoms with Gasteiger partial charge < -0.3 is 5.32 Å². The highest BCUT2D eigenvalue weighted by molar-refractivity contribution is 6.31. The zero-order valence-electron chi connectivity index (χ0n) is 11.3. The van der Waals surface area contributed by atoms with Crippen molar-refractivity contribution in [2.24, 2.45) is 0 Å². The first-order valence-electron chi connectivity index (χ1n) is 6.71. The van der Waals surface area contributed by atoms with Crippen LogP contribution in [-0.4, -0.2) is 11.8 Å². The molecule has 2 aromatic carbocycles. The van der Waals surface area contributed by atoms with Gasteiger partial charge in [-0.25, -0.2) is 0 Å². The third-order valence-electron chi connectivity index (χ3n) is 3.46. The van der Waals surface area contributed by atoms with Crippen molar-refractivity contribution >= 4 is 46.2 Å². The molecule has 0 fully saturated rings. The lowest BCUT2D eigenvalue weighted by Crippen LogP contribution is -2.26. The van der Waals surface area contributed by atoms with Crippen LogP contribution >= 0.6 is 23.2 Å². The van der Waals surface area contributed by atoms with Crippen LogP contribution < -0.4 is 10.2 Å². The Morgan fingerprint density at radius 1 is 1.19 bits per heavy atom. The number of halogens is 2. The average Bonchev–Trinajstić information content (AvgIpc) is 2.64. The number of amides is 1. The maximum absolute atomic E-state index is 12.5. The molecular formula is C16H14Cl2N2O. The molecule has 1 heterocycles. The van der Waals surface area contributed by atoms with Crippen molar-refractivity contribution in [3.8, 4) is 0 Å². The number of nitrogens with zero attached hydrogens (tertiary/aromatic N) is 1. The highest BCUT2D eigenvalue weighted by atomic mass is 35.5. The van der Waals surface area contributed by atoms with Gasteiger partial charge in [0.05, 0.1) is 17.1 Å². The number of carbonyl (C=O) groups excluding carboxylic acids is 1. The zero-order chi connectivity index (χ0) is 14.8. The van der Waals surface area contributed by atoms with E-state index in [1.54, 1.807) is 11.0 Å². The molecule has 0 spiro atoms. The summed E-state index contributed by atoms with van der Waals surface area (Å²) in [6.45, 7) is 0.647. The Kier molecular flexibility index (Phi) is 4.04. The lowest BCUT2D eigenvalue weighted by Gasteiger charge is -2.24. The Morgan fingerprint density at radius 2 is 2.00 bits per heavy atom. The van der Waals surface area contributed by atoms with E-state index in [2.05, 4.69) is 5.32 Å². The molecule has 0 aliphatic carbocycles. The minimum absolute atomic E-state index is 0.0234. The van der Waals surface area contributed by atoms with E-state index < -0.39 is 0 Å². The standard InChI is InChI=1S/C16H14Cl2N2O/c17-8-7-16(21)20-14-4-2-1-3-11(14)10-19-13-9-12(18)5-6-15(13)20/h1-6,9,19H,7-8,10H2. The summed E-state index contributed by atoms with van der Waals surface area (Å²) in [5.74, 6) is 0.276. The molecule has 0 atom stereocenters. The molecule has 2 aromatic rings. The molecule has 0 bridgehead atoms. The third-order valence-corrected chi connectivity index (χ3v) is 3.88. The smallest absolute Gasteiger partial charge is 0.232 e. The molecule has 0 saturated heterocycles. The summed E-state index contributed by atoms with van der Waals surface area (Å²) in [7, 11) is 0. The Hall–Kier alpha value is -1.71. The summed E-state index contributed by atoms with van der Waals surface area (Å²) in [5.41, 5.74) is 3.61. The number of benzene rings is 2. The van der Waals surface area contributed by atoms with Crippen LogP contribution in [0, 0.1) is 0 Å². The van der Waals surface area contributed by atoms with E-state index in [-0.39, 0.29) is 12.3 Å². The molecule has 0 radical (unpaired) electrons. The van der Waals surface area contributed by atoms with Crippen LogP contribution in [0.5, 0.6) is 0 Å². The highest BCUT2D eigenvalue weighted by Crippen LogP contribution is 2.39. The summed E-state index contributed by atoms with van der Waals surface area (Å²) >= 11 is 11.8. The number of hydrogen-bond acceptors (Lipinski definition) is 2. The summed E-state index contributed by atoms with van der Waals surface area (Å²) in [6.07, 6.45) is 0.290. The van der Waals surface area contributed by atoms with Crippen molar-refractivity contribution in [1.29, 1.82) is 0 Å². The maximum atomic E-state index is 12.5. The second-order valence-electron chi connectivity index (χ2n) is 4.81. The molecule has 1 amide bonds. The SMILES string of the molecule is O=C(CCCl)N1c2ccccc2CNc2cc(Cl)ccc21. The molecule has 108 valence electrons. The molecule has 0 unspecified atom stereocenters. The molecule has 5 heteroatoms. The van der Waals surface area contributed by atoms with Gasteiger partial charge in [0.15, 0.2) is 0 Å². The highest BCUT2D eigenvalue weighted by Gasteiger charge is 2.25. The number of fused-ring (bicyclic) bond motifs is 2. The molecule has 1 aliphatic rings. The van der Waals surface area contributed by atoms with Gasteiger partial charge in [-0.3, -0.25) is 9.69 Å². The Morgan fingerprint density at radius 3 is 2.81 bits per heavy atom. The van der Waals surface area contributed by atoms with Crippen LogP contribution in [0.1, 0.15) is 12.0 Å². The average molecular weight is 321 g/mol. The first-order valence-corrected chi connectivity index (χ1v) is 7.62. The van der Waals surface area contributed by atoms with Crippen LogP contribution in [0.25, 0.3) is 0 Å². The normalized spacial score (nSPS) is 13.0. The second-order valence-corrected chi connectivity index (χ2v) is 5.63. The predicted molar refractivity (Wildman–Crippen MR) is 87.7 cm³/mol. The van der Waals surface area contributed by atoms with Crippen molar-refractivity contribution < 1.29 is 4.79 Å². The zero-order valence-corrected chi connectivity index (χ0v) is 12.8. The van der Waals surface area contributed by atoms with E-state index in [4.69, 9.17) is 23.2 Å². The molecular weight excluding hydrogens is 307 g/mol. The van der Waals surface area contributed by atoms with Gasteiger partial charge >= 0.3 is 0 Å². The molecule has 0 aromatic heterocycles. The summed E-state index contributed by atoms with van der Waals surface area (Å²) in [4.78, 5) is 14.3. The first kappa shape index (κ1) is 14.2. The molecule has 1 aliphatic heterocycles. The van der Waals surface area contributed by atoms with E-state index in [0.29, 0.717) is 17.4 Å². The van der Waals surface area contributed by atoms with Crippen LogP contribution in [0.3, 0.4) is 0 Å². The van der Waals surface area contributed by atoms with Crippen LogP contribution in [0.15, 0.2) is 42.5 Å². The Balaban J connectivity index is 2.17. The molecule has 21 heavy (non-hydrogen) atoms. The maximum Gasteiger partial charge on any atom is 0.232 e. The number of para-hydroxylation sites is 1. The van der Waals surface area contributed by atoms with Crippen molar-refractivity contribution in [1.82, 2.24) is 0 Å². The first-order chi connectivity index (χ1) is 10.2. The third kappa shape index (κ3) is 2.71. The van der Waals surface area contributed by atoms with Crippen molar-refractivity contribution in [2.45, 2.75) is 13.0 Å². The molecule has 3 rings (SSSR count). The number of rotatable bonds is 2. The lowest BCUT2D eigenvalue weighted by molar-refractivity contribution is -0.117. The van der Waals surface area contributed by atoms with Crippen molar-refractivity contribution in [3.63, 3.8) is 0 Å². The fraction of sp³-hybridized carbons (Fsp3) is 0.188. The van der Waals surface area contributed by atoms with Gasteiger partial charge in [-0.2, -0.15) is 0 Å². The number of anilines is 3. The molecule has 0 saturated carbocycles. The fourth-order valence-electron chi connectivity index (χ4n) is 2.50. The minimum Gasteiger partial charge on any atom is -0.379 e. The van der Waals surface area contributed by atoms with Gasteiger partial charge in [-0.1, -0.05) is 29.8 Å². The molecule has 1 N–H and O–H groups in total. The predicted octanol–water partition coefficient (Wildman–Crippen LogP) is 4.56. The number of carbonyl (C=O) groups is 1. The topological polar surface area (TPSA) is 32.3 Å². The van der Waals surface area contributed by atoms with E-state index in [0.717, 1.165) is 22.6 Å². The van der Waals surface area contributed by atoms with Gasteiger partial charge in [0.25, 0.3) is 0 Å². The van der Waals surface area contributed by atoms with Crippen LogP contribution in [-0.2, 0) is 11.3 Å².